The number of anilines is 1. The Balaban J connectivity index is 1.66. The van der Waals surface area contributed by atoms with Crippen LogP contribution in [0.4, 0.5) is 5.82 Å². The van der Waals surface area contributed by atoms with Crippen LogP contribution in [0.2, 0.25) is 0 Å². The summed E-state index contributed by atoms with van der Waals surface area (Å²) in [4.78, 5) is 16.7. The number of benzene rings is 3. The predicted octanol–water partition coefficient (Wildman–Crippen LogP) is 5.74. The summed E-state index contributed by atoms with van der Waals surface area (Å²) in [5, 5.41) is 19.2. The van der Waals surface area contributed by atoms with E-state index in [1.807, 2.05) is 54.6 Å². The minimum Gasteiger partial charge on any atom is -0.480 e. The fourth-order valence-corrected chi connectivity index (χ4v) is 3.91. The van der Waals surface area contributed by atoms with Crippen molar-refractivity contribution in [2.24, 2.45) is 0 Å². The molecule has 0 saturated carbocycles. The van der Waals surface area contributed by atoms with E-state index in [2.05, 4.69) is 27.0 Å². The number of carbonyl (C=O) groups is 1. The second kappa shape index (κ2) is 9.58. The number of hydrogen-bond donors (Lipinski definition) is 1. The number of nitrogens with zero attached hydrogens (tertiary/aromatic N) is 3. The Morgan fingerprint density at radius 3 is 1.79 bits per heavy atom. The number of rotatable bonds is 5. The molecule has 0 saturated heterocycles. The highest BCUT2D eigenvalue weighted by Gasteiger charge is 2.20. The summed E-state index contributed by atoms with van der Waals surface area (Å²) in [6.45, 7) is 0. The van der Waals surface area contributed by atoms with Gasteiger partial charge in [0.25, 0.3) is 0 Å². The lowest BCUT2D eigenvalue weighted by Crippen LogP contribution is -2.04. The van der Waals surface area contributed by atoms with E-state index in [1.165, 1.54) is 7.11 Å². The van der Waals surface area contributed by atoms with Gasteiger partial charge in [-0.3, -0.25) is 4.79 Å². The quantitative estimate of drug-likeness (QED) is 0.343. The van der Waals surface area contributed by atoms with Crippen LogP contribution in [-0.2, 0) is 0 Å². The fourth-order valence-electron chi connectivity index (χ4n) is 3.65. The van der Waals surface area contributed by atoms with Crippen molar-refractivity contribution in [3.05, 3.63) is 99.5 Å². The number of hydrogen-bond acceptors (Lipinski definition) is 6. The fraction of sp³-hybridized carbons (Fsp3) is 0.0370. The van der Waals surface area contributed by atoms with E-state index < -0.39 is 0 Å². The van der Waals surface area contributed by atoms with Gasteiger partial charge in [-0.2, -0.15) is 15.5 Å². The number of nitrogen functional groups attached to an aromatic ring is 1. The highest BCUT2D eigenvalue weighted by Crippen LogP contribution is 2.35. The number of nitrogens with two attached hydrogens (primary N) is 1. The number of methoxy groups -OCH3 is 1. The zero-order valence-corrected chi connectivity index (χ0v) is 19.6. The van der Waals surface area contributed by atoms with Crippen molar-refractivity contribution in [2.75, 3.05) is 12.8 Å². The second-order valence-corrected chi connectivity index (χ2v) is 8.26. The largest absolute Gasteiger partial charge is 0.480 e. The van der Waals surface area contributed by atoms with Gasteiger partial charge in [-0.05, 0) is 41.0 Å². The Morgan fingerprint density at radius 2 is 1.29 bits per heavy atom. The maximum atomic E-state index is 12.7. The molecule has 0 aliphatic heterocycles. The number of aromatic nitrogens is 1. The van der Waals surface area contributed by atoms with Crippen LogP contribution in [0.5, 0.6) is 5.88 Å². The van der Waals surface area contributed by atoms with E-state index >= 15 is 0 Å². The van der Waals surface area contributed by atoms with Gasteiger partial charge in [-0.15, -0.1) is 0 Å². The normalized spacial score (nSPS) is 10.2. The number of ether oxygens (including phenoxy) is 1. The summed E-state index contributed by atoms with van der Waals surface area (Å²) < 4.78 is 6.10. The lowest BCUT2D eigenvalue weighted by Gasteiger charge is -2.12. The smallest absolute Gasteiger partial charge is 0.234 e. The van der Waals surface area contributed by atoms with Crippen LogP contribution in [0.3, 0.4) is 0 Å². The van der Waals surface area contributed by atoms with Gasteiger partial charge >= 0.3 is 0 Å². The van der Waals surface area contributed by atoms with Crippen LogP contribution in [0.15, 0.2) is 77.3 Å². The minimum atomic E-state index is -0.0494. The SMILES string of the molecule is COc1nc(N)c(C#N)c(-c2ccc(-c3ccc(C(=O)c4ccc(Br)cc4)cc3)cc2)c1C#N. The van der Waals surface area contributed by atoms with Crippen LogP contribution >= 0.6 is 15.9 Å². The van der Waals surface area contributed by atoms with Crippen LogP contribution in [0, 0.1) is 22.7 Å². The first-order valence-electron chi connectivity index (χ1n) is 10.2. The van der Waals surface area contributed by atoms with Crippen molar-refractivity contribution >= 4 is 27.5 Å². The molecule has 1 heterocycles. The van der Waals surface area contributed by atoms with Crippen LogP contribution in [-0.4, -0.2) is 17.9 Å². The molecule has 0 amide bonds. The maximum absolute atomic E-state index is 12.7. The minimum absolute atomic E-state index is 0.00320. The molecule has 2 N–H and O–H groups in total. The molecule has 3 aromatic carbocycles. The third-order valence-corrected chi connectivity index (χ3v) is 5.90. The molecule has 4 aromatic rings. The first-order chi connectivity index (χ1) is 16.5. The molecule has 34 heavy (non-hydrogen) atoms. The highest BCUT2D eigenvalue weighted by atomic mass is 79.9. The van der Waals surface area contributed by atoms with Crippen LogP contribution in [0.25, 0.3) is 22.3 Å². The summed E-state index contributed by atoms with van der Waals surface area (Å²) in [6, 6.07) is 26.1. The number of ketones is 1. The molecule has 7 heteroatoms. The summed E-state index contributed by atoms with van der Waals surface area (Å²) >= 11 is 3.37. The topological polar surface area (TPSA) is 113 Å². The van der Waals surface area contributed by atoms with Gasteiger partial charge in [0.15, 0.2) is 5.78 Å². The molecule has 0 spiro atoms. The monoisotopic (exact) mass is 508 g/mol. The average Bonchev–Trinajstić information content (AvgIpc) is 2.88. The van der Waals surface area contributed by atoms with Gasteiger partial charge in [0.2, 0.25) is 5.88 Å². The first kappa shape index (κ1) is 22.7. The third kappa shape index (κ3) is 4.25. The molecule has 6 nitrogen and oxygen atoms in total. The Kier molecular flexibility index (Phi) is 6.40. The molecule has 164 valence electrons. The predicted molar refractivity (Wildman–Crippen MR) is 133 cm³/mol. The van der Waals surface area contributed by atoms with Gasteiger partial charge in [0, 0.05) is 21.2 Å². The van der Waals surface area contributed by atoms with Crippen molar-refractivity contribution in [3.8, 4) is 40.3 Å². The highest BCUT2D eigenvalue weighted by molar-refractivity contribution is 9.10. The van der Waals surface area contributed by atoms with Gasteiger partial charge in [-0.1, -0.05) is 64.5 Å². The number of pyridine rings is 1. The molecular formula is C27H17BrN4O2. The van der Waals surface area contributed by atoms with Crippen LogP contribution < -0.4 is 10.5 Å². The zero-order valence-electron chi connectivity index (χ0n) is 18.0. The van der Waals surface area contributed by atoms with E-state index in [0.717, 1.165) is 15.6 Å². The van der Waals surface area contributed by atoms with Gasteiger partial charge in [-0.25, -0.2) is 0 Å². The second-order valence-electron chi connectivity index (χ2n) is 7.35. The molecule has 0 bridgehead atoms. The number of nitriles is 2. The van der Waals surface area contributed by atoms with Gasteiger partial charge in [0.1, 0.15) is 29.1 Å². The summed E-state index contributed by atoms with van der Waals surface area (Å²) in [5.41, 5.74) is 10.3. The zero-order chi connectivity index (χ0) is 24.2. The maximum Gasteiger partial charge on any atom is 0.234 e. The number of halogens is 1. The summed E-state index contributed by atoms with van der Waals surface area (Å²) in [5.74, 6) is 0.0271. The van der Waals surface area contributed by atoms with Gasteiger partial charge < -0.3 is 10.5 Å². The third-order valence-electron chi connectivity index (χ3n) is 5.37. The molecular weight excluding hydrogens is 492 g/mol. The Hall–Kier alpha value is -4.46. The van der Waals surface area contributed by atoms with E-state index in [-0.39, 0.29) is 28.6 Å². The Bertz CT molecular complexity index is 1460. The number of carbonyl (C=O) groups excluding carboxylic acids is 1. The van der Waals surface area contributed by atoms with E-state index in [1.54, 1.807) is 24.3 Å². The Labute approximate surface area is 205 Å². The Morgan fingerprint density at radius 1 is 0.824 bits per heavy atom. The molecule has 1 aromatic heterocycles. The molecule has 0 aliphatic carbocycles. The lowest BCUT2D eigenvalue weighted by atomic mass is 9.94. The molecule has 0 unspecified atom stereocenters. The van der Waals surface area contributed by atoms with Gasteiger partial charge in [0.05, 0.1) is 7.11 Å². The molecule has 0 radical (unpaired) electrons. The standard InChI is InChI=1S/C27H17BrN4O2/c1-34-27-23(15-30)24(22(14-29)26(31)32-27)18-6-2-16(3-7-18)17-4-8-19(9-5-17)25(33)20-10-12-21(28)13-11-20/h2-13H,1H3,(H2,31,32). The van der Waals surface area contributed by atoms with Crippen molar-refractivity contribution in [1.82, 2.24) is 4.98 Å². The van der Waals surface area contributed by atoms with Crippen LogP contribution in [0.1, 0.15) is 27.0 Å². The van der Waals surface area contributed by atoms with Crippen molar-refractivity contribution in [2.45, 2.75) is 0 Å². The lowest BCUT2D eigenvalue weighted by molar-refractivity contribution is 0.103. The average molecular weight is 509 g/mol. The van der Waals surface area contributed by atoms with Crippen molar-refractivity contribution in [3.63, 3.8) is 0 Å². The van der Waals surface area contributed by atoms with E-state index in [9.17, 15) is 15.3 Å². The molecule has 4 rings (SSSR count). The van der Waals surface area contributed by atoms with E-state index in [0.29, 0.717) is 22.3 Å². The molecule has 0 aliphatic rings. The van der Waals surface area contributed by atoms with E-state index in [4.69, 9.17) is 10.5 Å². The summed E-state index contributed by atoms with van der Waals surface area (Å²) in [6.07, 6.45) is 0. The first-order valence-corrected chi connectivity index (χ1v) is 10.9. The van der Waals surface area contributed by atoms with Crippen molar-refractivity contribution in [1.29, 1.82) is 10.5 Å². The molecule has 0 fully saturated rings. The molecule has 0 atom stereocenters. The summed E-state index contributed by atoms with van der Waals surface area (Å²) in [7, 11) is 1.40. The van der Waals surface area contributed by atoms with Crippen molar-refractivity contribution < 1.29 is 9.53 Å².